The Morgan fingerprint density at radius 3 is 2.36 bits per heavy atom. The molecule has 3 heterocycles. The Bertz CT molecular complexity index is 1030. The maximum Gasteiger partial charge on any atom is 0.345 e. The van der Waals surface area contributed by atoms with Gasteiger partial charge in [0.15, 0.2) is 11.6 Å². The number of ether oxygens (including phenoxy) is 1. The third kappa shape index (κ3) is 2.18. The van der Waals surface area contributed by atoms with E-state index < -0.39 is 29.4 Å². The summed E-state index contributed by atoms with van der Waals surface area (Å²) in [7, 11) is 0. The lowest BCUT2D eigenvalue weighted by Crippen LogP contribution is -2.49. The number of anilines is 1. The molecule has 140 valence electrons. The van der Waals surface area contributed by atoms with Crippen LogP contribution in [0.5, 0.6) is 0 Å². The van der Waals surface area contributed by atoms with Crippen LogP contribution in [0.15, 0.2) is 53.4 Å². The number of imide groups is 1. The smallest absolute Gasteiger partial charge is 0.345 e. The van der Waals surface area contributed by atoms with Gasteiger partial charge in [-0.15, -0.1) is 0 Å². The number of thioether (sulfide) groups is 1. The summed E-state index contributed by atoms with van der Waals surface area (Å²) in [6.45, 7) is -0.480. The number of amides is 3. The molecule has 1 fully saturated rings. The molecule has 1 atom stereocenters. The number of fused-ring (bicyclic) bond motifs is 4. The molecule has 0 aromatic heterocycles. The van der Waals surface area contributed by atoms with Gasteiger partial charge in [-0.3, -0.25) is 19.3 Å². The van der Waals surface area contributed by atoms with Crippen LogP contribution in [0.25, 0.3) is 0 Å². The van der Waals surface area contributed by atoms with Crippen LogP contribution in [0, 0.1) is 0 Å². The Labute approximate surface area is 164 Å². The highest BCUT2D eigenvalue weighted by Crippen LogP contribution is 2.56. The van der Waals surface area contributed by atoms with Gasteiger partial charge in [-0.1, -0.05) is 36.0 Å². The third-order valence-corrected chi connectivity index (χ3v) is 6.65. The lowest BCUT2D eigenvalue weighted by Gasteiger charge is -2.29. The number of esters is 1. The second-order valence-electron chi connectivity index (χ2n) is 6.73. The summed E-state index contributed by atoms with van der Waals surface area (Å²) >= 11 is 1.28. The van der Waals surface area contributed by atoms with Crippen molar-refractivity contribution in [2.45, 2.75) is 22.6 Å². The van der Waals surface area contributed by atoms with Gasteiger partial charge in [0, 0.05) is 17.7 Å². The van der Waals surface area contributed by atoms with Crippen molar-refractivity contribution in [3.8, 4) is 0 Å². The highest BCUT2D eigenvalue weighted by atomic mass is 32.2. The Hall–Kier alpha value is -3.13. The molecule has 2 aromatic carbocycles. The summed E-state index contributed by atoms with van der Waals surface area (Å²) in [6.07, 6.45) is 0.551. The minimum Gasteiger partial charge on any atom is -0.441 e. The van der Waals surface area contributed by atoms with Crippen molar-refractivity contribution in [3.63, 3.8) is 0 Å². The molecule has 2 aromatic rings. The average Bonchev–Trinajstić information content (AvgIpc) is 3.30. The fourth-order valence-corrected chi connectivity index (χ4v) is 5.28. The minimum absolute atomic E-state index is 0.143. The standard InChI is InChI=1S/C20H14N2O5S/c23-16-9-10-20(22(16)14-7-3-4-8-15(14)28-20)19(26)27-11-21-17(24)12-5-1-2-6-13(12)18(21)25/h1-8H,9-11H2. The second-order valence-corrected chi connectivity index (χ2v) is 8.05. The number of carbonyl (C=O) groups excluding carboxylic acids is 4. The molecule has 0 spiro atoms. The zero-order chi connectivity index (χ0) is 19.5. The van der Waals surface area contributed by atoms with Crippen LogP contribution in [0.4, 0.5) is 5.69 Å². The van der Waals surface area contributed by atoms with Gasteiger partial charge in [0.2, 0.25) is 5.91 Å². The van der Waals surface area contributed by atoms with E-state index in [1.165, 1.54) is 16.7 Å². The first-order chi connectivity index (χ1) is 13.5. The van der Waals surface area contributed by atoms with Crippen LogP contribution in [0.2, 0.25) is 0 Å². The predicted octanol–water partition coefficient (Wildman–Crippen LogP) is 2.41. The molecule has 3 amide bonds. The van der Waals surface area contributed by atoms with E-state index in [1.807, 2.05) is 18.2 Å². The average molecular weight is 394 g/mol. The van der Waals surface area contributed by atoms with Crippen molar-refractivity contribution in [2.75, 3.05) is 11.6 Å². The molecule has 0 saturated carbocycles. The van der Waals surface area contributed by atoms with Gasteiger partial charge in [-0.2, -0.15) is 0 Å². The summed E-state index contributed by atoms with van der Waals surface area (Å²) in [5, 5.41) is 0. The van der Waals surface area contributed by atoms with E-state index >= 15 is 0 Å². The van der Waals surface area contributed by atoms with Crippen LogP contribution in [-0.4, -0.2) is 40.2 Å². The SMILES string of the molecule is O=C1c2ccccc2C(=O)N1COC(=O)C12CCC(=O)N1c1ccccc1S2. The number of hydrogen-bond donors (Lipinski definition) is 0. The maximum absolute atomic E-state index is 13.0. The van der Waals surface area contributed by atoms with E-state index in [4.69, 9.17) is 4.74 Å². The Kier molecular flexibility index (Phi) is 3.60. The molecule has 1 saturated heterocycles. The van der Waals surface area contributed by atoms with Crippen molar-refractivity contribution in [1.29, 1.82) is 0 Å². The number of rotatable bonds is 3. The lowest BCUT2D eigenvalue weighted by atomic mass is 10.1. The van der Waals surface area contributed by atoms with E-state index in [0.717, 1.165) is 9.80 Å². The van der Waals surface area contributed by atoms with Crippen LogP contribution in [-0.2, 0) is 14.3 Å². The first-order valence-electron chi connectivity index (χ1n) is 8.76. The van der Waals surface area contributed by atoms with E-state index in [9.17, 15) is 19.2 Å². The van der Waals surface area contributed by atoms with E-state index in [2.05, 4.69) is 0 Å². The summed E-state index contributed by atoms with van der Waals surface area (Å²) in [5.41, 5.74) is 1.27. The molecule has 0 aliphatic carbocycles. The van der Waals surface area contributed by atoms with Gasteiger partial charge in [-0.25, -0.2) is 9.69 Å². The maximum atomic E-state index is 13.0. The first kappa shape index (κ1) is 17.0. The second kappa shape index (κ2) is 5.93. The van der Waals surface area contributed by atoms with Crippen LogP contribution >= 0.6 is 11.8 Å². The molecule has 5 rings (SSSR count). The highest BCUT2D eigenvalue weighted by molar-refractivity contribution is 8.02. The zero-order valence-corrected chi connectivity index (χ0v) is 15.4. The number of para-hydroxylation sites is 1. The molecular weight excluding hydrogens is 380 g/mol. The monoisotopic (exact) mass is 394 g/mol. The Morgan fingerprint density at radius 2 is 1.64 bits per heavy atom. The van der Waals surface area contributed by atoms with Crippen molar-refractivity contribution in [2.24, 2.45) is 0 Å². The number of hydrogen-bond acceptors (Lipinski definition) is 6. The van der Waals surface area contributed by atoms with Crippen molar-refractivity contribution in [3.05, 3.63) is 59.7 Å². The summed E-state index contributed by atoms with van der Waals surface area (Å²) in [5.74, 6) is -1.76. The lowest BCUT2D eigenvalue weighted by molar-refractivity contribution is -0.149. The van der Waals surface area contributed by atoms with E-state index in [0.29, 0.717) is 23.2 Å². The molecule has 0 N–H and O–H groups in total. The molecule has 1 unspecified atom stereocenters. The minimum atomic E-state index is -1.18. The quantitative estimate of drug-likeness (QED) is 0.587. The summed E-state index contributed by atoms with van der Waals surface area (Å²) in [4.78, 5) is 52.4. The highest BCUT2D eigenvalue weighted by Gasteiger charge is 2.58. The fraction of sp³-hybridized carbons (Fsp3) is 0.200. The van der Waals surface area contributed by atoms with Gasteiger partial charge >= 0.3 is 5.97 Å². The first-order valence-corrected chi connectivity index (χ1v) is 9.58. The molecule has 0 bridgehead atoms. The number of nitrogens with zero attached hydrogens (tertiary/aromatic N) is 2. The van der Waals surface area contributed by atoms with Gasteiger partial charge in [0.05, 0.1) is 16.8 Å². The van der Waals surface area contributed by atoms with Crippen LogP contribution in [0.3, 0.4) is 0 Å². The van der Waals surface area contributed by atoms with Crippen LogP contribution in [0.1, 0.15) is 33.6 Å². The van der Waals surface area contributed by atoms with Gasteiger partial charge in [-0.05, 0) is 24.3 Å². The summed E-state index contributed by atoms with van der Waals surface area (Å²) in [6, 6.07) is 13.8. The van der Waals surface area contributed by atoms with Crippen molar-refractivity contribution >= 4 is 41.1 Å². The number of benzene rings is 2. The largest absolute Gasteiger partial charge is 0.441 e. The van der Waals surface area contributed by atoms with Crippen molar-refractivity contribution in [1.82, 2.24) is 4.90 Å². The molecule has 7 nitrogen and oxygen atoms in total. The predicted molar refractivity (Wildman–Crippen MR) is 99.7 cm³/mol. The summed E-state index contributed by atoms with van der Waals surface area (Å²) < 4.78 is 5.40. The number of carbonyl (C=O) groups is 4. The van der Waals surface area contributed by atoms with E-state index in [1.54, 1.807) is 30.3 Å². The van der Waals surface area contributed by atoms with E-state index in [-0.39, 0.29) is 12.3 Å². The fourth-order valence-electron chi connectivity index (χ4n) is 3.86. The molecule has 28 heavy (non-hydrogen) atoms. The third-order valence-electron chi connectivity index (χ3n) is 5.20. The molecule has 3 aliphatic rings. The molecular formula is C20H14N2O5S. The van der Waals surface area contributed by atoms with Gasteiger partial charge < -0.3 is 4.74 Å². The van der Waals surface area contributed by atoms with Crippen LogP contribution < -0.4 is 4.90 Å². The van der Waals surface area contributed by atoms with Gasteiger partial charge in [0.25, 0.3) is 11.8 Å². The Morgan fingerprint density at radius 1 is 1.00 bits per heavy atom. The Balaban J connectivity index is 1.38. The topological polar surface area (TPSA) is 84.0 Å². The van der Waals surface area contributed by atoms with Gasteiger partial charge in [0.1, 0.15) is 0 Å². The molecule has 8 heteroatoms. The molecule has 0 radical (unpaired) electrons. The zero-order valence-electron chi connectivity index (χ0n) is 14.6. The van der Waals surface area contributed by atoms with Crippen molar-refractivity contribution < 1.29 is 23.9 Å². The normalized spacial score (nSPS) is 22.4. The molecule has 3 aliphatic heterocycles.